The molecule has 0 aromatic carbocycles. The summed E-state index contributed by atoms with van der Waals surface area (Å²) >= 11 is 0. The molecule has 1 unspecified atom stereocenters. The van der Waals surface area contributed by atoms with Crippen molar-refractivity contribution in [1.29, 1.82) is 0 Å². The molecule has 4 nitrogen and oxygen atoms in total. The largest absolute Gasteiger partial charge is 0.393 e. The van der Waals surface area contributed by atoms with Crippen LogP contribution >= 0.6 is 0 Å². The van der Waals surface area contributed by atoms with Gasteiger partial charge >= 0.3 is 11.9 Å². The van der Waals surface area contributed by atoms with Crippen molar-refractivity contribution in [2.75, 3.05) is 0 Å². The molecule has 1 aromatic rings. The van der Waals surface area contributed by atoms with E-state index in [9.17, 15) is 9.59 Å². The van der Waals surface area contributed by atoms with Crippen molar-refractivity contribution in [2.45, 2.75) is 12.3 Å². The molecule has 66 valence electrons. The third kappa shape index (κ3) is 1.42. The molecule has 0 aliphatic carbocycles. The highest BCUT2D eigenvalue weighted by Gasteiger charge is 2.34. The summed E-state index contributed by atoms with van der Waals surface area (Å²) < 4.78 is 4.42. The van der Waals surface area contributed by atoms with Crippen molar-refractivity contribution in [3.8, 4) is 0 Å². The third-order valence-corrected chi connectivity index (χ3v) is 1.96. The minimum absolute atomic E-state index is 0.129. The Kier molecular flexibility index (Phi) is 1.81. The van der Waals surface area contributed by atoms with Gasteiger partial charge in [-0.2, -0.15) is 0 Å². The van der Waals surface area contributed by atoms with Crippen LogP contribution in [0.2, 0.25) is 0 Å². The van der Waals surface area contributed by atoms with Gasteiger partial charge in [0.05, 0.1) is 12.3 Å². The average Bonchev–Trinajstić information content (AvgIpc) is 2.47. The van der Waals surface area contributed by atoms with E-state index in [0.29, 0.717) is 0 Å². The minimum Gasteiger partial charge on any atom is -0.393 e. The van der Waals surface area contributed by atoms with Gasteiger partial charge in [-0.05, 0) is 11.6 Å². The molecule has 1 atom stereocenters. The standard InChI is InChI=1S/C9H7NO3/c11-8-4-7(9(12)13-8)6-2-1-3-10-5-6/h1-3,5,7H,4H2. The first-order valence-electron chi connectivity index (χ1n) is 3.92. The van der Waals surface area contributed by atoms with Crippen LogP contribution in [0.25, 0.3) is 0 Å². The highest BCUT2D eigenvalue weighted by atomic mass is 16.6. The van der Waals surface area contributed by atoms with E-state index < -0.39 is 17.9 Å². The zero-order chi connectivity index (χ0) is 9.26. The maximum Gasteiger partial charge on any atom is 0.321 e. The summed E-state index contributed by atoms with van der Waals surface area (Å²) in [5, 5.41) is 0. The maximum absolute atomic E-state index is 11.1. The smallest absolute Gasteiger partial charge is 0.321 e. The number of aromatic nitrogens is 1. The van der Waals surface area contributed by atoms with Gasteiger partial charge in [-0.15, -0.1) is 0 Å². The second-order valence-corrected chi connectivity index (χ2v) is 2.84. The molecule has 0 saturated carbocycles. The lowest BCUT2D eigenvalue weighted by Crippen LogP contribution is -2.05. The van der Waals surface area contributed by atoms with Crippen LogP contribution in [-0.2, 0) is 14.3 Å². The van der Waals surface area contributed by atoms with E-state index in [4.69, 9.17) is 0 Å². The molecule has 13 heavy (non-hydrogen) atoms. The van der Waals surface area contributed by atoms with Gasteiger partial charge in [0.25, 0.3) is 0 Å². The van der Waals surface area contributed by atoms with E-state index in [1.54, 1.807) is 24.5 Å². The Morgan fingerprint density at radius 2 is 2.31 bits per heavy atom. The van der Waals surface area contributed by atoms with Gasteiger partial charge < -0.3 is 4.74 Å². The van der Waals surface area contributed by atoms with E-state index in [1.165, 1.54) is 0 Å². The molecular formula is C9H7NO3. The zero-order valence-corrected chi connectivity index (χ0v) is 6.77. The highest BCUT2D eigenvalue weighted by Crippen LogP contribution is 2.26. The summed E-state index contributed by atoms with van der Waals surface area (Å²) in [6.45, 7) is 0. The van der Waals surface area contributed by atoms with E-state index in [2.05, 4.69) is 9.72 Å². The predicted molar refractivity (Wildman–Crippen MR) is 42.7 cm³/mol. The zero-order valence-electron chi connectivity index (χ0n) is 6.77. The molecule has 1 fully saturated rings. The Hall–Kier alpha value is -1.71. The Balaban J connectivity index is 2.28. The average molecular weight is 177 g/mol. The quantitative estimate of drug-likeness (QED) is 0.466. The van der Waals surface area contributed by atoms with Crippen LogP contribution in [0.15, 0.2) is 24.5 Å². The fraction of sp³-hybridized carbons (Fsp3) is 0.222. The summed E-state index contributed by atoms with van der Waals surface area (Å²) in [6.07, 6.45) is 3.32. The molecule has 0 bridgehead atoms. The van der Waals surface area contributed by atoms with Crippen molar-refractivity contribution < 1.29 is 14.3 Å². The van der Waals surface area contributed by atoms with E-state index >= 15 is 0 Å². The normalized spacial score (nSPS) is 21.7. The first-order chi connectivity index (χ1) is 6.27. The number of hydrogen-bond acceptors (Lipinski definition) is 4. The number of hydrogen-bond donors (Lipinski definition) is 0. The Labute approximate surface area is 74.5 Å². The summed E-state index contributed by atoms with van der Waals surface area (Å²) in [4.78, 5) is 25.8. The molecule has 0 spiro atoms. The molecule has 2 rings (SSSR count). The highest BCUT2D eigenvalue weighted by molar-refractivity contribution is 5.97. The summed E-state index contributed by atoms with van der Waals surface area (Å²) in [5.74, 6) is -1.39. The second kappa shape index (κ2) is 2.97. The van der Waals surface area contributed by atoms with E-state index in [0.717, 1.165) is 5.56 Å². The van der Waals surface area contributed by atoms with Gasteiger partial charge in [0.1, 0.15) is 0 Å². The second-order valence-electron chi connectivity index (χ2n) is 2.84. The lowest BCUT2D eigenvalue weighted by atomic mass is 10.00. The molecule has 2 heterocycles. The monoisotopic (exact) mass is 177 g/mol. The molecule has 0 N–H and O–H groups in total. The van der Waals surface area contributed by atoms with E-state index in [-0.39, 0.29) is 6.42 Å². The van der Waals surface area contributed by atoms with Gasteiger partial charge in [0.15, 0.2) is 0 Å². The predicted octanol–water partition coefficient (Wildman–Crippen LogP) is 0.639. The summed E-state index contributed by atoms with van der Waals surface area (Å²) in [7, 11) is 0. The number of carbonyl (C=O) groups excluding carboxylic acids is 2. The number of pyridine rings is 1. The molecular weight excluding hydrogens is 170 g/mol. The molecule has 1 aliphatic rings. The molecule has 1 saturated heterocycles. The maximum atomic E-state index is 11.1. The van der Waals surface area contributed by atoms with Crippen LogP contribution in [0.3, 0.4) is 0 Å². The lowest BCUT2D eigenvalue weighted by Gasteiger charge is -2.01. The summed E-state index contributed by atoms with van der Waals surface area (Å²) in [5.41, 5.74) is 0.735. The SMILES string of the molecule is O=C1CC(c2cccnc2)C(=O)O1. The topological polar surface area (TPSA) is 56.3 Å². The third-order valence-electron chi connectivity index (χ3n) is 1.96. The Morgan fingerprint density at radius 1 is 1.46 bits per heavy atom. The molecule has 1 aliphatic heterocycles. The summed E-state index contributed by atoms with van der Waals surface area (Å²) in [6, 6.07) is 3.49. The number of rotatable bonds is 1. The first-order valence-corrected chi connectivity index (χ1v) is 3.92. The van der Waals surface area contributed by atoms with Crippen molar-refractivity contribution in [3.63, 3.8) is 0 Å². The van der Waals surface area contributed by atoms with Gasteiger partial charge in [0.2, 0.25) is 0 Å². The van der Waals surface area contributed by atoms with Crippen molar-refractivity contribution >= 4 is 11.9 Å². The van der Waals surface area contributed by atoms with Crippen LogP contribution in [0.4, 0.5) is 0 Å². The molecule has 0 radical (unpaired) electrons. The van der Waals surface area contributed by atoms with E-state index in [1.807, 2.05) is 0 Å². The van der Waals surface area contributed by atoms with Crippen molar-refractivity contribution in [2.24, 2.45) is 0 Å². The molecule has 1 aromatic heterocycles. The number of esters is 2. The van der Waals surface area contributed by atoms with Crippen molar-refractivity contribution in [3.05, 3.63) is 30.1 Å². The number of cyclic esters (lactones) is 2. The van der Waals surface area contributed by atoms with Gasteiger partial charge in [-0.1, -0.05) is 6.07 Å². The van der Waals surface area contributed by atoms with Gasteiger partial charge in [0, 0.05) is 12.4 Å². The van der Waals surface area contributed by atoms with Gasteiger partial charge in [-0.25, -0.2) is 0 Å². The van der Waals surface area contributed by atoms with Gasteiger partial charge in [-0.3, -0.25) is 14.6 Å². The molecule has 0 amide bonds. The fourth-order valence-electron chi connectivity index (χ4n) is 1.31. The Bertz CT molecular complexity index is 347. The fourth-order valence-corrected chi connectivity index (χ4v) is 1.31. The van der Waals surface area contributed by atoms with Crippen molar-refractivity contribution in [1.82, 2.24) is 4.98 Å². The lowest BCUT2D eigenvalue weighted by molar-refractivity contribution is -0.152. The number of carbonyl (C=O) groups is 2. The number of nitrogens with zero attached hydrogens (tertiary/aromatic N) is 1. The minimum atomic E-state index is -0.474. The Morgan fingerprint density at radius 3 is 2.85 bits per heavy atom. The van der Waals surface area contributed by atoms with Crippen LogP contribution < -0.4 is 0 Å². The number of ether oxygens (including phenoxy) is 1. The first kappa shape index (κ1) is 7.91. The van der Waals surface area contributed by atoms with Crippen LogP contribution in [0.1, 0.15) is 17.9 Å². The van der Waals surface area contributed by atoms with Crippen LogP contribution in [0, 0.1) is 0 Å². The van der Waals surface area contributed by atoms with Crippen LogP contribution in [0.5, 0.6) is 0 Å². The molecule has 4 heteroatoms. The van der Waals surface area contributed by atoms with Crippen LogP contribution in [-0.4, -0.2) is 16.9 Å².